The molecule has 3 nitrogen and oxygen atoms in total. The second-order valence-corrected chi connectivity index (χ2v) is 4.70. The Morgan fingerprint density at radius 2 is 2.00 bits per heavy atom. The molecule has 0 bridgehead atoms. The maximum absolute atomic E-state index is 13.0. The third-order valence-electron chi connectivity index (χ3n) is 1.75. The van der Waals surface area contributed by atoms with Crippen molar-refractivity contribution in [3.8, 4) is 0 Å². The molecule has 5 heteroatoms. The van der Waals surface area contributed by atoms with E-state index in [1.165, 1.54) is 6.07 Å². The van der Waals surface area contributed by atoms with E-state index in [0.29, 0.717) is 0 Å². The van der Waals surface area contributed by atoms with Crippen molar-refractivity contribution in [3.05, 3.63) is 28.5 Å². The highest BCUT2D eigenvalue weighted by atomic mass is 35.5. The highest BCUT2D eigenvalue weighted by Crippen LogP contribution is 2.27. The Bertz CT molecular complexity index is 427. The zero-order valence-electron chi connectivity index (χ0n) is 9.30. The first-order valence-electron chi connectivity index (χ1n) is 4.69. The van der Waals surface area contributed by atoms with Crippen LogP contribution in [0.1, 0.15) is 31.1 Å². The highest BCUT2D eigenvalue weighted by Gasteiger charge is 2.21. The number of hydrogen-bond donors (Lipinski definition) is 1. The Kier molecular flexibility index (Phi) is 3.43. The maximum Gasteiger partial charge on any atom is 0.340 e. The number of halogens is 2. The van der Waals surface area contributed by atoms with Gasteiger partial charge in [0.2, 0.25) is 0 Å². The molecule has 0 aromatic heterocycles. The van der Waals surface area contributed by atoms with E-state index in [0.717, 1.165) is 6.07 Å². The molecule has 0 atom stereocenters. The molecular formula is C11H13ClFNO2. The molecule has 0 saturated carbocycles. The monoisotopic (exact) mass is 245 g/mol. The molecule has 0 heterocycles. The van der Waals surface area contributed by atoms with Gasteiger partial charge in [-0.15, -0.1) is 0 Å². The molecule has 88 valence electrons. The van der Waals surface area contributed by atoms with Crippen LogP contribution < -0.4 is 5.73 Å². The molecule has 16 heavy (non-hydrogen) atoms. The lowest BCUT2D eigenvalue weighted by atomic mass is 10.1. The van der Waals surface area contributed by atoms with Crippen molar-refractivity contribution >= 4 is 23.3 Å². The Morgan fingerprint density at radius 1 is 1.44 bits per heavy atom. The average molecular weight is 246 g/mol. The molecule has 0 fully saturated rings. The second-order valence-electron chi connectivity index (χ2n) is 4.32. The third-order valence-corrected chi connectivity index (χ3v) is 2.14. The molecule has 0 aliphatic carbocycles. The minimum absolute atomic E-state index is 0.0707. The fourth-order valence-corrected chi connectivity index (χ4v) is 1.24. The van der Waals surface area contributed by atoms with Crippen LogP contribution in [-0.4, -0.2) is 11.6 Å². The van der Waals surface area contributed by atoms with E-state index < -0.39 is 17.4 Å². The maximum atomic E-state index is 13.0. The summed E-state index contributed by atoms with van der Waals surface area (Å²) in [6.45, 7) is 5.19. The van der Waals surface area contributed by atoms with Gasteiger partial charge in [0, 0.05) is 0 Å². The van der Waals surface area contributed by atoms with Crippen molar-refractivity contribution in [1.29, 1.82) is 0 Å². The van der Waals surface area contributed by atoms with E-state index >= 15 is 0 Å². The van der Waals surface area contributed by atoms with Gasteiger partial charge < -0.3 is 10.5 Å². The third kappa shape index (κ3) is 2.85. The Hall–Kier alpha value is -1.29. The second kappa shape index (κ2) is 4.29. The lowest BCUT2D eigenvalue weighted by Gasteiger charge is -2.20. The molecule has 0 radical (unpaired) electrons. The Labute approximate surface area is 98.3 Å². The number of carbonyl (C=O) groups excluding carboxylic acids is 1. The van der Waals surface area contributed by atoms with Gasteiger partial charge >= 0.3 is 5.97 Å². The van der Waals surface area contributed by atoms with Crippen LogP contribution in [0.4, 0.5) is 10.1 Å². The van der Waals surface area contributed by atoms with Gasteiger partial charge in [0.05, 0.1) is 11.3 Å². The van der Waals surface area contributed by atoms with Gasteiger partial charge in [-0.1, -0.05) is 11.6 Å². The number of ether oxygens (including phenoxy) is 1. The summed E-state index contributed by atoms with van der Waals surface area (Å²) in [6, 6.07) is 2.34. The van der Waals surface area contributed by atoms with Crippen molar-refractivity contribution in [1.82, 2.24) is 0 Å². The molecule has 0 aliphatic rings. The van der Waals surface area contributed by atoms with Crippen LogP contribution in [0.25, 0.3) is 0 Å². The van der Waals surface area contributed by atoms with Crippen LogP contribution in [0.15, 0.2) is 12.1 Å². The van der Waals surface area contributed by atoms with Crippen LogP contribution in [0.3, 0.4) is 0 Å². The normalized spacial score (nSPS) is 11.3. The minimum Gasteiger partial charge on any atom is -0.456 e. The number of esters is 1. The number of carbonyl (C=O) groups is 1. The zero-order valence-corrected chi connectivity index (χ0v) is 10.1. The van der Waals surface area contributed by atoms with E-state index in [4.69, 9.17) is 22.1 Å². The van der Waals surface area contributed by atoms with E-state index in [9.17, 15) is 9.18 Å². The summed E-state index contributed by atoms with van der Waals surface area (Å²) in [5, 5.41) is -0.261. The van der Waals surface area contributed by atoms with E-state index in [1.807, 2.05) is 0 Å². The van der Waals surface area contributed by atoms with E-state index in [-0.39, 0.29) is 16.3 Å². The SMILES string of the molecule is CC(C)(C)OC(=O)c1ccc(F)c(Cl)c1N. The van der Waals surface area contributed by atoms with Crippen LogP contribution >= 0.6 is 11.6 Å². The molecule has 0 spiro atoms. The topological polar surface area (TPSA) is 52.3 Å². The number of nitrogen functional groups attached to an aromatic ring is 1. The lowest BCUT2D eigenvalue weighted by molar-refractivity contribution is 0.00708. The number of benzene rings is 1. The van der Waals surface area contributed by atoms with Crippen LogP contribution in [0.2, 0.25) is 5.02 Å². The number of nitrogens with two attached hydrogens (primary N) is 1. The highest BCUT2D eigenvalue weighted by molar-refractivity contribution is 6.34. The average Bonchev–Trinajstić information content (AvgIpc) is 2.11. The van der Waals surface area contributed by atoms with Crippen LogP contribution in [-0.2, 0) is 4.74 Å². The predicted octanol–water partition coefficient (Wildman–Crippen LogP) is 3.02. The number of rotatable bonds is 1. The standard InChI is InChI=1S/C11H13ClFNO2/c1-11(2,3)16-10(15)6-4-5-7(13)8(12)9(6)14/h4-5H,14H2,1-3H3. The first-order chi connectivity index (χ1) is 7.22. The summed E-state index contributed by atoms with van der Waals surface area (Å²) in [4.78, 5) is 11.7. The van der Waals surface area contributed by atoms with Gasteiger partial charge in [0.15, 0.2) is 0 Å². The summed E-state index contributed by atoms with van der Waals surface area (Å²) in [5.74, 6) is -1.28. The molecular weight excluding hydrogens is 233 g/mol. The fraction of sp³-hybridized carbons (Fsp3) is 0.364. The van der Waals surface area contributed by atoms with Gasteiger partial charge in [-0.2, -0.15) is 0 Å². The number of hydrogen-bond acceptors (Lipinski definition) is 3. The fourth-order valence-electron chi connectivity index (χ4n) is 1.08. The van der Waals surface area contributed by atoms with Gasteiger partial charge in [-0.05, 0) is 32.9 Å². The summed E-state index contributed by atoms with van der Waals surface area (Å²) in [5.41, 5.74) is 4.87. The van der Waals surface area contributed by atoms with Gasteiger partial charge in [0.25, 0.3) is 0 Å². The van der Waals surface area contributed by atoms with E-state index in [2.05, 4.69) is 0 Å². The van der Waals surface area contributed by atoms with Gasteiger partial charge in [-0.3, -0.25) is 0 Å². The summed E-state index contributed by atoms with van der Waals surface area (Å²) < 4.78 is 18.1. The summed E-state index contributed by atoms with van der Waals surface area (Å²) in [6.07, 6.45) is 0. The number of anilines is 1. The Morgan fingerprint density at radius 3 is 2.50 bits per heavy atom. The predicted molar refractivity (Wildman–Crippen MR) is 61.0 cm³/mol. The largest absolute Gasteiger partial charge is 0.456 e. The summed E-state index contributed by atoms with van der Waals surface area (Å²) >= 11 is 5.59. The van der Waals surface area contributed by atoms with Gasteiger partial charge in [0.1, 0.15) is 16.4 Å². The Balaban J connectivity index is 3.06. The van der Waals surface area contributed by atoms with Crippen molar-refractivity contribution in [2.45, 2.75) is 26.4 Å². The smallest absolute Gasteiger partial charge is 0.340 e. The first kappa shape index (κ1) is 12.8. The van der Waals surface area contributed by atoms with Crippen molar-refractivity contribution in [2.75, 3.05) is 5.73 Å². The summed E-state index contributed by atoms with van der Waals surface area (Å²) in [7, 11) is 0. The molecule has 2 N–H and O–H groups in total. The molecule has 0 unspecified atom stereocenters. The van der Waals surface area contributed by atoms with Crippen LogP contribution in [0.5, 0.6) is 0 Å². The van der Waals surface area contributed by atoms with Gasteiger partial charge in [-0.25, -0.2) is 9.18 Å². The van der Waals surface area contributed by atoms with Crippen molar-refractivity contribution in [2.24, 2.45) is 0 Å². The molecule has 1 rings (SSSR count). The molecule has 1 aromatic carbocycles. The lowest BCUT2D eigenvalue weighted by Crippen LogP contribution is -2.24. The molecule has 0 amide bonds. The quantitative estimate of drug-likeness (QED) is 0.611. The van der Waals surface area contributed by atoms with Crippen LogP contribution in [0, 0.1) is 5.82 Å². The minimum atomic E-state index is -0.661. The van der Waals surface area contributed by atoms with Crippen molar-refractivity contribution < 1.29 is 13.9 Å². The molecule has 0 aliphatic heterocycles. The molecule has 1 aromatic rings. The first-order valence-corrected chi connectivity index (χ1v) is 5.07. The van der Waals surface area contributed by atoms with E-state index in [1.54, 1.807) is 20.8 Å². The van der Waals surface area contributed by atoms with Crippen molar-refractivity contribution in [3.63, 3.8) is 0 Å². The molecule has 0 saturated heterocycles. The zero-order chi connectivity index (χ0) is 12.5.